The smallest absolute Gasteiger partial charge is 0.240 e. The largest absolute Gasteiger partial charge is 0.493 e. The van der Waals surface area contributed by atoms with Crippen molar-refractivity contribution in [1.29, 1.82) is 0 Å². The Labute approximate surface area is 197 Å². The van der Waals surface area contributed by atoms with Gasteiger partial charge in [-0.25, -0.2) is 13.1 Å². The quantitative estimate of drug-likeness (QED) is 0.541. The summed E-state index contributed by atoms with van der Waals surface area (Å²) >= 11 is 0. The minimum Gasteiger partial charge on any atom is -0.493 e. The molecule has 176 valence electrons. The van der Waals surface area contributed by atoms with Gasteiger partial charge in [-0.15, -0.1) is 0 Å². The molecule has 1 aromatic heterocycles. The third kappa shape index (κ3) is 5.00. The van der Waals surface area contributed by atoms with Crippen molar-refractivity contribution in [3.05, 3.63) is 82.7 Å². The second kappa shape index (κ2) is 9.71. The van der Waals surface area contributed by atoms with Gasteiger partial charge in [-0.3, -0.25) is 4.90 Å². The second-order valence-electron chi connectivity index (χ2n) is 8.72. The highest BCUT2D eigenvalue weighted by Crippen LogP contribution is 2.30. The molecule has 1 aliphatic rings. The molecule has 1 aliphatic heterocycles. The molecule has 0 spiro atoms. The number of aryl methyl sites for hydroxylation is 3. The molecule has 2 aromatic carbocycles. The van der Waals surface area contributed by atoms with E-state index in [0.717, 1.165) is 42.1 Å². The summed E-state index contributed by atoms with van der Waals surface area (Å²) in [4.78, 5) is 2.64. The Hall–Kier alpha value is -2.61. The summed E-state index contributed by atoms with van der Waals surface area (Å²) in [6.07, 6.45) is 2.97. The minimum atomic E-state index is -3.68. The van der Waals surface area contributed by atoms with Crippen molar-refractivity contribution in [2.24, 2.45) is 7.05 Å². The van der Waals surface area contributed by atoms with Gasteiger partial charge in [0.05, 0.1) is 17.5 Å². The molecule has 4 rings (SSSR count). The molecule has 0 saturated carbocycles. The third-order valence-electron chi connectivity index (χ3n) is 6.43. The van der Waals surface area contributed by atoms with E-state index in [1.807, 2.05) is 40.1 Å². The number of rotatable bonds is 8. The highest BCUT2D eigenvalue weighted by molar-refractivity contribution is 7.89. The van der Waals surface area contributed by atoms with E-state index in [1.165, 1.54) is 11.1 Å². The van der Waals surface area contributed by atoms with Gasteiger partial charge >= 0.3 is 0 Å². The molecule has 3 aromatic rings. The molecule has 2 heterocycles. The zero-order valence-electron chi connectivity index (χ0n) is 19.8. The van der Waals surface area contributed by atoms with Crippen molar-refractivity contribution in [2.75, 3.05) is 19.7 Å². The molecule has 6 nitrogen and oxygen atoms in total. The highest BCUT2D eigenvalue weighted by atomic mass is 32.2. The van der Waals surface area contributed by atoms with Gasteiger partial charge in [0.2, 0.25) is 10.0 Å². The summed E-state index contributed by atoms with van der Waals surface area (Å²) in [5, 5.41) is 0. The van der Waals surface area contributed by atoms with Crippen LogP contribution in [0.15, 0.2) is 59.6 Å². The Morgan fingerprint density at radius 2 is 1.76 bits per heavy atom. The number of sulfonamides is 1. The van der Waals surface area contributed by atoms with Crippen LogP contribution in [0.2, 0.25) is 0 Å². The molecule has 0 saturated heterocycles. The van der Waals surface area contributed by atoms with Gasteiger partial charge in [0.15, 0.2) is 0 Å². The summed E-state index contributed by atoms with van der Waals surface area (Å²) in [6.45, 7) is 8.22. The van der Waals surface area contributed by atoms with Crippen LogP contribution in [0.4, 0.5) is 0 Å². The van der Waals surface area contributed by atoms with E-state index < -0.39 is 10.0 Å². The van der Waals surface area contributed by atoms with Gasteiger partial charge in [0, 0.05) is 38.6 Å². The molecule has 1 atom stereocenters. The molecule has 0 amide bonds. The average molecular weight is 468 g/mol. The standard InChI is InChI=1S/C26H33N3O3S/c1-5-32-26-19(2)15-23(16-20(26)3)33(30,31)27-17-25(24-11-8-13-28(24)4)29-14-12-21-9-6-7-10-22(21)18-29/h6-11,13,15-16,25,27H,5,12,14,17-18H2,1-4H3. The van der Waals surface area contributed by atoms with Crippen molar-refractivity contribution in [3.63, 3.8) is 0 Å². The summed E-state index contributed by atoms with van der Waals surface area (Å²) in [5.74, 6) is 0.755. The van der Waals surface area contributed by atoms with Gasteiger partial charge < -0.3 is 9.30 Å². The lowest BCUT2D eigenvalue weighted by atomic mass is 9.98. The van der Waals surface area contributed by atoms with E-state index in [1.54, 1.807) is 12.1 Å². The predicted octanol–water partition coefficient (Wildman–Crippen LogP) is 4.12. The topological polar surface area (TPSA) is 63.6 Å². The summed E-state index contributed by atoms with van der Waals surface area (Å²) in [6, 6.07) is 15.9. The molecule has 0 radical (unpaired) electrons. The Bertz CT molecular complexity index is 1210. The van der Waals surface area contributed by atoms with Crippen LogP contribution < -0.4 is 9.46 Å². The van der Waals surface area contributed by atoms with Crippen LogP contribution in [0.1, 0.15) is 40.9 Å². The number of benzene rings is 2. The van der Waals surface area contributed by atoms with E-state index in [4.69, 9.17) is 4.74 Å². The molecule has 0 aliphatic carbocycles. The number of nitrogens with one attached hydrogen (secondary N) is 1. The fraction of sp³-hybridized carbons (Fsp3) is 0.385. The van der Waals surface area contributed by atoms with Gasteiger partial charge in [-0.1, -0.05) is 24.3 Å². The lowest BCUT2D eigenvalue weighted by molar-refractivity contribution is 0.174. The Balaban J connectivity index is 1.58. The maximum Gasteiger partial charge on any atom is 0.240 e. The molecule has 7 heteroatoms. The molecule has 1 N–H and O–H groups in total. The number of aromatic nitrogens is 1. The molecular formula is C26H33N3O3S. The molecule has 1 unspecified atom stereocenters. The van der Waals surface area contributed by atoms with Crippen molar-refractivity contribution < 1.29 is 13.2 Å². The minimum absolute atomic E-state index is 0.0713. The SMILES string of the molecule is CCOc1c(C)cc(S(=O)(=O)NCC(c2cccn2C)N2CCc3ccccc3C2)cc1C. The first kappa shape index (κ1) is 23.5. The first-order valence-corrected chi connectivity index (χ1v) is 12.9. The summed E-state index contributed by atoms with van der Waals surface area (Å²) < 4.78 is 37.2. The first-order valence-electron chi connectivity index (χ1n) is 11.5. The van der Waals surface area contributed by atoms with Gasteiger partial charge in [-0.2, -0.15) is 0 Å². The average Bonchev–Trinajstić information content (AvgIpc) is 3.21. The Kier molecular flexibility index (Phi) is 6.93. The van der Waals surface area contributed by atoms with Gasteiger partial charge in [0.25, 0.3) is 0 Å². The summed E-state index contributed by atoms with van der Waals surface area (Å²) in [7, 11) is -1.67. The zero-order chi connectivity index (χ0) is 23.6. The van der Waals surface area contributed by atoms with Crippen LogP contribution in [0, 0.1) is 13.8 Å². The first-order chi connectivity index (χ1) is 15.8. The normalized spacial score (nSPS) is 15.3. The van der Waals surface area contributed by atoms with Crippen LogP contribution in [0.3, 0.4) is 0 Å². The lowest BCUT2D eigenvalue weighted by Crippen LogP contribution is -2.41. The van der Waals surface area contributed by atoms with Crippen molar-refractivity contribution >= 4 is 10.0 Å². The van der Waals surface area contributed by atoms with Gasteiger partial charge in [0.1, 0.15) is 5.75 Å². The maximum atomic E-state index is 13.3. The fourth-order valence-electron chi connectivity index (χ4n) is 4.73. The van der Waals surface area contributed by atoms with Crippen LogP contribution >= 0.6 is 0 Å². The van der Waals surface area contributed by atoms with E-state index in [-0.39, 0.29) is 10.9 Å². The van der Waals surface area contributed by atoms with Gasteiger partial charge in [-0.05, 0) is 73.7 Å². The van der Waals surface area contributed by atoms with Crippen LogP contribution in [0.5, 0.6) is 5.75 Å². The van der Waals surface area contributed by atoms with E-state index in [2.05, 4.69) is 44.5 Å². The highest BCUT2D eigenvalue weighted by Gasteiger charge is 2.28. The van der Waals surface area contributed by atoms with Crippen molar-refractivity contribution in [3.8, 4) is 5.75 Å². The molecule has 0 fully saturated rings. The van der Waals surface area contributed by atoms with E-state index in [0.29, 0.717) is 13.2 Å². The van der Waals surface area contributed by atoms with Crippen LogP contribution in [0.25, 0.3) is 0 Å². The van der Waals surface area contributed by atoms with Crippen molar-refractivity contribution in [1.82, 2.24) is 14.2 Å². The van der Waals surface area contributed by atoms with Crippen molar-refractivity contribution in [2.45, 2.75) is 44.7 Å². The molecular weight excluding hydrogens is 434 g/mol. The Morgan fingerprint density at radius 3 is 2.39 bits per heavy atom. The summed E-state index contributed by atoms with van der Waals surface area (Å²) in [5.41, 5.74) is 5.42. The fourth-order valence-corrected chi connectivity index (χ4v) is 5.94. The predicted molar refractivity (Wildman–Crippen MR) is 131 cm³/mol. The number of nitrogens with zero attached hydrogens (tertiary/aromatic N) is 2. The van der Waals surface area contributed by atoms with Crippen LogP contribution in [-0.4, -0.2) is 37.6 Å². The van der Waals surface area contributed by atoms with Crippen LogP contribution in [-0.2, 0) is 30.0 Å². The molecule has 33 heavy (non-hydrogen) atoms. The monoisotopic (exact) mass is 467 g/mol. The lowest BCUT2D eigenvalue weighted by Gasteiger charge is -2.36. The molecule has 0 bridgehead atoms. The number of fused-ring (bicyclic) bond motifs is 1. The number of hydrogen-bond acceptors (Lipinski definition) is 4. The third-order valence-corrected chi connectivity index (χ3v) is 7.83. The number of ether oxygens (including phenoxy) is 1. The second-order valence-corrected chi connectivity index (χ2v) is 10.5. The maximum absolute atomic E-state index is 13.3. The number of hydrogen-bond donors (Lipinski definition) is 1. The van der Waals surface area contributed by atoms with E-state index >= 15 is 0 Å². The zero-order valence-corrected chi connectivity index (χ0v) is 20.7. The Morgan fingerprint density at radius 1 is 1.06 bits per heavy atom. The van der Waals surface area contributed by atoms with E-state index in [9.17, 15) is 8.42 Å².